The van der Waals surface area contributed by atoms with Crippen LogP contribution in [0.25, 0.3) is 0 Å². The van der Waals surface area contributed by atoms with Crippen LogP contribution in [0, 0.1) is 12.7 Å². The van der Waals surface area contributed by atoms with E-state index in [1.54, 1.807) is 25.2 Å². The predicted octanol–water partition coefficient (Wildman–Crippen LogP) is 3.95. The van der Waals surface area contributed by atoms with Gasteiger partial charge in [0.1, 0.15) is 17.3 Å². The van der Waals surface area contributed by atoms with E-state index in [0.717, 1.165) is 22.4 Å². The van der Waals surface area contributed by atoms with E-state index in [1.807, 2.05) is 32.8 Å². The number of urea groups is 1. The number of benzene rings is 1. The number of halogens is 2. The first-order chi connectivity index (χ1) is 19.3. The van der Waals surface area contributed by atoms with Crippen molar-refractivity contribution in [2.45, 2.75) is 45.8 Å². The summed E-state index contributed by atoms with van der Waals surface area (Å²) in [5.74, 6) is -0.750. The van der Waals surface area contributed by atoms with E-state index in [2.05, 4.69) is 22.6 Å². The molecule has 4 amide bonds. The first kappa shape index (κ1) is 29.5. The Hall–Kier alpha value is -4.45. The Morgan fingerprint density at radius 3 is 2.54 bits per heavy atom. The Morgan fingerprint density at radius 2 is 1.95 bits per heavy atom. The number of carbonyl (C=O) groups excluding carboxylic acids is 3. The van der Waals surface area contributed by atoms with Crippen molar-refractivity contribution in [2.24, 2.45) is 0 Å². The number of fused-ring (bicyclic) bond motifs is 1. The fourth-order valence-electron chi connectivity index (χ4n) is 4.99. The van der Waals surface area contributed by atoms with Crippen LogP contribution in [0.15, 0.2) is 57.9 Å². The van der Waals surface area contributed by atoms with Crippen molar-refractivity contribution in [3.63, 3.8) is 0 Å². The van der Waals surface area contributed by atoms with Gasteiger partial charge in [-0.25, -0.2) is 18.6 Å². The van der Waals surface area contributed by atoms with Crippen molar-refractivity contribution in [3.8, 4) is 5.75 Å². The largest absolute Gasteiger partial charge is 0.494 e. The second-order valence-electron chi connectivity index (χ2n) is 10.1. The van der Waals surface area contributed by atoms with Crippen LogP contribution >= 0.6 is 0 Å². The summed E-state index contributed by atoms with van der Waals surface area (Å²) in [4.78, 5) is 36.0. The molecule has 2 aromatic rings. The van der Waals surface area contributed by atoms with E-state index in [4.69, 9.17) is 9.15 Å². The van der Waals surface area contributed by atoms with Crippen LogP contribution in [-0.2, 0) is 17.8 Å². The number of allylic oxidation sites excluding steroid dienone is 3. The monoisotopic (exact) mass is 569 g/mol. The van der Waals surface area contributed by atoms with Crippen LogP contribution in [0.4, 0.5) is 13.6 Å². The van der Waals surface area contributed by atoms with E-state index in [-0.39, 0.29) is 29.7 Å². The van der Waals surface area contributed by atoms with Gasteiger partial charge in [-0.1, -0.05) is 12.6 Å². The van der Waals surface area contributed by atoms with Crippen molar-refractivity contribution in [1.29, 1.82) is 0 Å². The van der Waals surface area contributed by atoms with Gasteiger partial charge in [0.2, 0.25) is 0 Å². The second-order valence-corrected chi connectivity index (χ2v) is 10.1. The molecule has 0 bridgehead atoms. The average Bonchev–Trinajstić information content (AvgIpc) is 3.62. The molecule has 2 unspecified atom stereocenters. The van der Waals surface area contributed by atoms with Gasteiger partial charge in [-0.15, -0.1) is 0 Å². The molecule has 3 N–H and O–H groups in total. The quantitative estimate of drug-likeness (QED) is 0.356. The molecule has 5 rings (SSSR count). The molecular formula is C29H33F2N5O5. The van der Waals surface area contributed by atoms with Crippen LogP contribution in [0.5, 0.6) is 5.75 Å². The third-order valence-corrected chi connectivity index (χ3v) is 7.31. The number of ether oxygens (including phenoxy) is 1. The van der Waals surface area contributed by atoms with E-state index in [0.29, 0.717) is 23.6 Å². The Balaban J connectivity index is 0.000000231. The van der Waals surface area contributed by atoms with Crippen molar-refractivity contribution in [2.75, 3.05) is 21.2 Å². The van der Waals surface area contributed by atoms with Gasteiger partial charge in [-0.05, 0) is 50.1 Å². The molecule has 218 valence electrons. The Labute approximate surface area is 236 Å². The highest BCUT2D eigenvalue weighted by molar-refractivity contribution is 6.04. The van der Waals surface area contributed by atoms with Crippen LogP contribution in [0.1, 0.15) is 52.9 Å². The molecule has 3 aliphatic rings. The summed E-state index contributed by atoms with van der Waals surface area (Å²) >= 11 is 0. The van der Waals surface area contributed by atoms with Crippen LogP contribution < -0.4 is 20.8 Å². The minimum absolute atomic E-state index is 0.0121. The predicted molar refractivity (Wildman–Crippen MR) is 147 cm³/mol. The number of aryl methyl sites for hydroxylation is 1. The number of hydrogen-bond acceptors (Lipinski definition) is 7. The van der Waals surface area contributed by atoms with Crippen molar-refractivity contribution >= 4 is 17.8 Å². The lowest BCUT2D eigenvalue weighted by Crippen LogP contribution is -2.33. The topological polar surface area (TPSA) is 116 Å². The maximum absolute atomic E-state index is 14.7. The van der Waals surface area contributed by atoms with Crippen LogP contribution in [0.2, 0.25) is 0 Å². The smallest absolute Gasteiger partial charge is 0.322 e. The van der Waals surface area contributed by atoms with Gasteiger partial charge in [-0.3, -0.25) is 14.9 Å². The summed E-state index contributed by atoms with van der Waals surface area (Å²) in [6.07, 6.45) is 1.62. The zero-order valence-corrected chi connectivity index (χ0v) is 23.8. The van der Waals surface area contributed by atoms with Crippen molar-refractivity contribution < 1.29 is 32.3 Å². The number of nitrogens with zero attached hydrogens (tertiary/aromatic N) is 2. The first-order valence-electron chi connectivity index (χ1n) is 12.9. The standard InChI is InChI=1S/C19H23FN4O3.C10H10FNO2/c1-9-8-15(17-18(25)22-19(26)21-17)27-14(9)7-6-13(20)10(2)16-11(3)23-24(5)12(16)4;1-12-5-6-3-4-7(14-2)9(11)8(6)10(12)13/h6,8,12,17,23H,2,7H2,1,3-5H3,(H2,21,22,25,26);3-4H,5H2,1-2H3. The molecule has 3 aliphatic heterocycles. The molecule has 41 heavy (non-hydrogen) atoms. The van der Waals surface area contributed by atoms with E-state index in [1.165, 1.54) is 18.1 Å². The van der Waals surface area contributed by atoms with Gasteiger partial charge in [0, 0.05) is 43.9 Å². The highest BCUT2D eigenvalue weighted by Crippen LogP contribution is 2.31. The highest BCUT2D eigenvalue weighted by atomic mass is 19.1. The average molecular weight is 570 g/mol. The fraction of sp³-hybridized carbons (Fsp3) is 0.345. The molecule has 1 aromatic carbocycles. The van der Waals surface area contributed by atoms with Gasteiger partial charge in [0.25, 0.3) is 11.8 Å². The Bertz CT molecular complexity index is 1490. The molecule has 0 radical (unpaired) electrons. The van der Waals surface area contributed by atoms with E-state index >= 15 is 0 Å². The van der Waals surface area contributed by atoms with Gasteiger partial charge in [0.05, 0.1) is 18.7 Å². The molecule has 1 aromatic heterocycles. The lowest BCUT2D eigenvalue weighted by atomic mass is 9.98. The summed E-state index contributed by atoms with van der Waals surface area (Å²) < 4.78 is 38.8. The number of amides is 4. The molecule has 0 aliphatic carbocycles. The molecule has 0 spiro atoms. The van der Waals surface area contributed by atoms with Gasteiger partial charge >= 0.3 is 6.03 Å². The van der Waals surface area contributed by atoms with Gasteiger partial charge in [0.15, 0.2) is 17.6 Å². The number of likely N-dealkylation sites (N-methyl/N-ethyl adjacent to an activating group) is 1. The number of rotatable bonds is 6. The summed E-state index contributed by atoms with van der Waals surface area (Å²) in [6.45, 7) is 10.0. The summed E-state index contributed by atoms with van der Waals surface area (Å²) in [7, 11) is 4.92. The number of hydrazine groups is 1. The van der Waals surface area contributed by atoms with E-state index < -0.39 is 29.6 Å². The van der Waals surface area contributed by atoms with Crippen LogP contribution in [0.3, 0.4) is 0 Å². The van der Waals surface area contributed by atoms with Gasteiger partial charge < -0.3 is 24.8 Å². The SMILES string of the molecule is C=C(C(F)=CCc1oc(C2NC(=O)NC2=O)cc1C)C1=C(C)NN(C)C1C.COc1ccc2c(c1F)C(=O)N(C)C2. The van der Waals surface area contributed by atoms with Crippen LogP contribution in [-0.4, -0.2) is 55.0 Å². The summed E-state index contributed by atoms with van der Waals surface area (Å²) in [6, 6.07) is 3.53. The molecule has 12 heteroatoms. The number of methoxy groups -OCH3 is 1. The molecule has 2 atom stereocenters. The summed E-state index contributed by atoms with van der Waals surface area (Å²) in [5, 5.41) is 6.53. The van der Waals surface area contributed by atoms with Gasteiger partial charge in [-0.2, -0.15) is 0 Å². The minimum atomic E-state index is -0.859. The number of furan rings is 1. The normalized spacial score (nSPS) is 20.4. The highest BCUT2D eigenvalue weighted by Gasteiger charge is 2.34. The fourth-order valence-corrected chi connectivity index (χ4v) is 4.99. The molecule has 1 fully saturated rings. The lowest BCUT2D eigenvalue weighted by molar-refractivity contribution is -0.120. The minimum Gasteiger partial charge on any atom is -0.494 e. The second kappa shape index (κ2) is 11.6. The first-order valence-corrected chi connectivity index (χ1v) is 12.9. The number of hydrogen-bond donors (Lipinski definition) is 3. The third-order valence-electron chi connectivity index (χ3n) is 7.31. The zero-order valence-electron chi connectivity index (χ0n) is 23.8. The van der Waals surface area contributed by atoms with E-state index in [9.17, 15) is 23.2 Å². The summed E-state index contributed by atoms with van der Waals surface area (Å²) in [5.41, 5.74) is 6.82. The molecule has 4 heterocycles. The molecular weight excluding hydrogens is 536 g/mol. The lowest BCUT2D eigenvalue weighted by Gasteiger charge is -2.18. The molecule has 10 nitrogen and oxygen atoms in total. The number of carbonyl (C=O) groups is 3. The Kier molecular flexibility index (Phi) is 8.34. The van der Waals surface area contributed by atoms with Crippen molar-refractivity contribution in [3.05, 3.63) is 87.6 Å². The molecule has 1 saturated heterocycles. The maximum Gasteiger partial charge on any atom is 0.322 e. The third kappa shape index (κ3) is 5.73. The zero-order chi connectivity index (χ0) is 30.2. The molecule has 0 saturated carbocycles. The maximum atomic E-state index is 14.7. The number of imide groups is 1. The number of nitrogens with one attached hydrogen (secondary N) is 3. The Morgan fingerprint density at radius 1 is 1.24 bits per heavy atom. The van der Waals surface area contributed by atoms with Crippen molar-refractivity contribution in [1.82, 2.24) is 26.0 Å².